The van der Waals surface area contributed by atoms with Crippen LogP contribution in [0.2, 0.25) is 0 Å². The highest BCUT2D eigenvalue weighted by atomic mass is 14.5. The van der Waals surface area contributed by atoms with Crippen LogP contribution < -0.4 is 5.73 Å². The molecule has 1 heteroatoms. The Morgan fingerprint density at radius 2 is 1.71 bits per heavy atom. The topological polar surface area (TPSA) is 26.0 Å². The van der Waals surface area contributed by atoms with Crippen LogP contribution in [0.3, 0.4) is 0 Å². The summed E-state index contributed by atoms with van der Waals surface area (Å²) in [6.07, 6.45) is 6.46. The number of hydrogen-bond acceptors (Lipinski definition) is 1. The van der Waals surface area contributed by atoms with E-state index >= 15 is 0 Å². The molecular formula is C16H21N. The summed E-state index contributed by atoms with van der Waals surface area (Å²) < 4.78 is 0. The van der Waals surface area contributed by atoms with Crippen LogP contribution in [0.25, 0.3) is 10.8 Å². The van der Waals surface area contributed by atoms with Crippen molar-refractivity contribution in [3.63, 3.8) is 0 Å². The Kier molecular flexibility index (Phi) is 4.03. The first kappa shape index (κ1) is 12.0. The average molecular weight is 227 g/mol. The number of unbranched alkanes of at least 4 members (excludes halogenated alkanes) is 3. The number of nitrogens with two attached hydrogens (primary N) is 1. The van der Waals surface area contributed by atoms with Gasteiger partial charge < -0.3 is 5.73 Å². The second-order valence-corrected chi connectivity index (χ2v) is 4.75. The van der Waals surface area contributed by atoms with Gasteiger partial charge in [0.2, 0.25) is 0 Å². The molecule has 0 aliphatic heterocycles. The van der Waals surface area contributed by atoms with Gasteiger partial charge in [-0.15, -0.1) is 0 Å². The largest absolute Gasteiger partial charge is 0.399 e. The second kappa shape index (κ2) is 5.72. The number of rotatable bonds is 5. The molecular weight excluding hydrogens is 206 g/mol. The van der Waals surface area contributed by atoms with Gasteiger partial charge in [0.1, 0.15) is 0 Å². The number of benzene rings is 2. The maximum atomic E-state index is 5.81. The molecule has 0 amide bonds. The fourth-order valence-corrected chi connectivity index (χ4v) is 2.23. The Bertz CT molecular complexity index is 488. The van der Waals surface area contributed by atoms with Crippen molar-refractivity contribution in [1.82, 2.24) is 0 Å². The van der Waals surface area contributed by atoms with Crippen molar-refractivity contribution in [2.75, 3.05) is 5.73 Å². The molecule has 0 spiro atoms. The summed E-state index contributed by atoms with van der Waals surface area (Å²) in [7, 11) is 0. The lowest BCUT2D eigenvalue weighted by atomic mass is 10.0. The molecule has 1 nitrogen and oxygen atoms in total. The molecule has 0 unspecified atom stereocenters. The summed E-state index contributed by atoms with van der Waals surface area (Å²) in [6, 6.07) is 12.8. The van der Waals surface area contributed by atoms with Gasteiger partial charge in [0.25, 0.3) is 0 Å². The monoisotopic (exact) mass is 227 g/mol. The Morgan fingerprint density at radius 3 is 2.53 bits per heavy atom. The van der Waals surface area contributed by atoms with Gasteiger partial charge in [-0.2, -0.15) is 0 Å². The van der Waals surface area contributed by atoms with Crippen molar-refractivity contribution in [3.8, 4) is 0 Å². The van der Waals surface area contributed by atoms with E-state index in [-0.39, 0.29) is 0 Å². The number of anilines is 1. The summed E-state index contributed by atoms with van der Waals surface area (Å²) in [4.78, 5) is 0. The third-order valence-corrected chi connectivity index (χ3v) is 3.25. The Morgan fingerprint density at radius 1 is 0.882 bits per heavy atom. The van der Waals surface area contributed by atoms with Crippen LogP contribution in [0, 0.1) is 0 Å². The zero-order chi connectivity index (χ0) is 12.1. The summed E-state index contributed by atoms with van der Waals surface area (Å²) in [5.41, 5.74) is 8.09. The van der Waals surface area contributed by atoms with E-state index in [4.69, 9.17) is 5.73 Å². The smallest absolute Gasteiger partial charge is 0.0320 e. The molecule has 2 rings (SSSR count). The summed E-state index contributed by atoms with van der Waals surface area (Å²) >= 11 is 0. The third-order valence-electron chi connectivity index (χ3n) is 3.25. The highest BCUT2D eigenvalue weighted by molar-refractivity contribution is 5.85. The molecule has 90 valence electrons. The molecule has 0 heterocycles. The summed E-state index contributed by atoms with van der Waals surface area (Å²) in [5, 5.41) is 2.54. The molecule has 0 saturated heterocycles. The zero-order valence-corrected chi connectivity index (χ0v) is 10.6. The van der Waals surface area contributed by atoms with Crippen LogP contribution >= 0.6 is 0 Å². The molecule has 0 atom stereocenters. The van der Waals surface area contributed by atoms with Crippen molar-refractivity contribution < 1.29 is 0 Å². The number of hydrogen-bond donors (Lipinski definition) is 1. The van der Waals surface area contributed by atoms with Gasteiger partial charge in [-0.25, -0.2) is 0 Å². The molecule has 0 saturated carbocycles. The quantitative estimate of drug-likeness (QED) is 0.588. The maximum Gasteiger partial charge on any atom is 0.0320 e. The van der Waals surface area contributed by atoms with Gasteiger partial charge in [0, 0.05) is 5.69 Å². The maximum absolute atomic E-state index is 5.81. The lowest BCUT2D eigenvalue weighted by molar-refractivity contribution is 0.667. The van der Waals surface area contributed by atoms with Crippen molar-refractivity contribution in [2.45, 2.75) is 39.0 Å². The molecule has 17 heavy (non-hydrogen) atoms. The third kappa shape index (κ3) is 3.23. The van der Waals surface area contributed by atoms with Crippen molar-refractivity contribution in [1.29, 1.82) is 0 Å². The molecule has 0 aromatic heterocycles. The standard InChI is InChI=1S/C16H21N/c1-2-3-4-5-6-13-7-8-14-9-10-16(17)12-15(14)11-13/h7-12H,2-6,17H2,1H3. The van der Waals surface area contributed by atoms with Gasteiger partial charge in [0.05, 0.1) is 0 Å². The Labute approximate surface area is 104 Å². The van der Waals surface area contributed by atoms with E-state index in [2.05, 4.69) is 37.3 Å². The van der Waals surface area contributed by atoms with Crippen LogP contribution in [0.1, 0.15) is 38.2 Å². The lowest BCUT2D eigenvalue weighted by Crippen LogP contribution is -1.88. The SMILES string of the molecule is CCCCCCc1ccc2ccc(N)cc2c1. The first-order valence-electron chi connectivity index (χ1n) is 6.58. The van der Waals surface area contributed by atoms with Crippen LogP contribution in [0.15, 0.2) is 36.4 Å². The predicted molar refractivity (Wildman–Crippen MR) is 76.2 cm³/mol. The van der Waals surface area contributed by atoms with E-state index in [0.717, 1.165) is 5.69 Å². The van der Waals surface area contributed by atoms with Gasteiger partial charge in [-0.3, -0.25) is 0 Å². The van der Waals surface area contributed by atoms with Crippen LogP contribution in [-0.4, -0.2) is 0 Å². The van der Waals surface area contributed by atoms with E-state index in [1.807, 2.05) is 6.07 Å². The van der Waals surface area contributed by atoms with Crippen LogP contribution in [0.5, 0.6) is 0 Å². The van der Waals surface area contributed by atoms with Gasteiger partial charge in [-0.05, 0) is 41.3 Å². The molecule has 0 fully saturated rings. The van der Waals surface area contributed by atoms with Crippen LogP contribution in [-0.2, 0) is 6.42 Å². The molecule has 0 radical (unpaired) electrons. The normalized spacial score (nSPS) is 10.9. The van der Waals surface area contributed by atoms with Crippen LogP contribution in [0.4, 0.5) is 5.69 Å². The molecule has 2 aromatic rings. The van der Waals surface area contributed by atoms with E-state index in [0.29, 0.717) is 0 Å². The average Bonchev–Trinajstić information content (AvgIpc) is 2.34. The van der Waals surface area contributed by atoms with Gasteiger partial charge in [-0.1, -0.05) is 50.5 Å². The fraction of sp³-hybridized carbons (Fsp3) is 0.375. The first-order valence-corrected chi connectivity index (χ1v) is 6.58. The minimum atomic E-state index is 0.848. The minimum absolute atomic E-state index is 0.848. The van der Waals surface area contributed by atoms with E-state index in [1.165, 1.54) is 48.4 Å². The number of aryl methyl sites for hydroxylation is 1. The van der Waals surface area contributed by atoms with Gasteiger partial charge >= 0.3 is 0 Å². The van der Waals surface area contributed by atoms with Gasteiger partial charge in [0.15, 0.2) is 0 Å². The van der Waals surface area contributed by atoms with Crippen molar-refractivity contribution in [2.24, 2.45) is 0 Å². The first-order chi connectivity index (χ1) is 8.29. The van der Waals surface area contributed by atoms with E-state index in [9.17, 15) is 0 Å². The van der Waals surface area contributed by atoms with Crippen molar-refractivity contribution in [3.05, 3.63) is 42.0 Å². The number of fused-ring (bicyclic) bond motifs is 1. The Hall–Kier alpha value is -1.50. The Balaban J connectivity index is 2.08. The summed E-state index contributed by atoms with van der Waals surface area (Å²) in [6.45, 7) is 2.25. The molecule has 2 aromatic carbocycles. The highest BCUT2D eigenvalue weighted by Crippen LogP contribution is 2.20. The van der Waals surface area contributed by atoms with Crippen molar-refractivity contribution >= 4 is 16.5 Å². The number of nitrogen functional groups attached to an aromatic ring is 1. The molecule has 2 N–H and O–H groups in total. The zero-order valence-electron chi connectivity index (χ0n) is 10.6. The minimum Gasteiger partial charge on any atom is -0.399 e. The summed E-state index contributed by atoms with van der Waals surface area (Å²) in [5.74, 6) is 0. The highest BCUT2D eigenvalue weighted by Gasteiger charge is 1.98. The second-order valence-electron chi connectivity index (χ2n) is 4.75. The van der Waals surface area contributed by atoms with E-state index < -0.39 is 0 Å². The predicted octanol–water partition coefficient (Wildman–Crippen LogP) is 4.54. The molecule has 0 aliphatic rings. The van der Waals surface area contributed by atoms with E-state index in [1.54, 1.807) is 0 Å². The molecule has 0 aliphatic carbocycles. The lowest BCUT2D eigenvalue weighted by Gasteiger charge is -2.04. The fourth-order valence-electron chi connectivity index (χ4n) is 2.23. The molecule has 0 bridgehead atoms.